The van der Waals surface area contributed by atoms with E-state index in [9.17, 15) is 4.79 Å². The lowest BCUT2D eigenvalue weighted by molar-refractivity contribution is 0.0735. The van der Waals surface area contributed by atoms with E-state index >= 15 is 0 Å². The minimum Gasteiger partial charge on any atom is -0.397 e. The first-order chi connectivity index (χ1) is 10.1. The summed E-state index contributed by atoms with van der Waals surface area (Å²) in [4.78, 5) is 14.4. The lowest BCUT2D eigenvalue weighted by atomic mass is 9.99. The Kier molecular flexibility index (Phi) is 3.79. The van der Waals surface area contributed by atoms with Crippen molar-refractivity contribution in [3.05, 3.63) is 63.1 Å². The van der Waals surface area contributed by atoms with Crippen molar-refractivity contribution in [1.29, 1.82) is 0 Å². The second kappa shape index (κ2) is 5.58. The Morgan fingerprint density at radius 1 is 1.14 bits per heavy atom. The fourth-order valence-electron chi connectivity index (χ4n) is 2.59. The van der Waals surface area contributed by atoms with Gasteiger partial charge in [0.1, 0.15) is 0 Å². The molecule has 3 rings (SSSR count). The van der Waals surface area contributed by atoms with Crippen LogP contribution in [0.15, 0.2) is 36.4 Å². The Balaban J connectivity index is 1.87. The van der Waals surface area contributed by atoms with E-state index in [1.165, 1.54) is 11.1 Å². The number of nitrogen functional groups attached to an aromatic ring is 1. The third-order valence-electron chi connectivity index (χ3n) is 3.72. The Morgan fingerprint density at radius 2 is 1.86 bits per heavy atom. The molecule has 0 spiro atoms. The van der Waals surface area contributed by atoms with Crippen LogP contribution in [0, 0.1) is 0 Å². The second-order valence-electron chi connectivity index (χ2n) is 5.11. The number of nitrogens with zero attached hydrogens (tertiary/aromatic N) is 1. The van der Waals surface area contributed by atoms with Gasteiger partial charge in [-0.3, -0.25) is 4.79 Å². The van der Waals surface area contributed by atoms with Crippen LogP contribution in [0.1, 0.15) is 21.5 Å². The summed E-state index contributed by atoms with van der Waals surface area (Å²) in [7, 11) is 0. The summed E-state index contributed by atoms with van der Waals surface area (Å²) in [5.41, 5.74) is 9.06. The first kappa shape index (κ1) is 14.2. The number of nitrogens with two attached hydrogens (primary N) is 1. The second-order valence-corrected chi connectivity index (χ2v) is 5.89. The number of fused-ring (bicyclic) bond motifs is 1. The van der Waals surface area contributed by atoms with Gasteiger partial charge in [-0.2, -0.15) is 0 Å². The Bertz CT molecular complexity index is 692. The molecule has 21 heavy (non-hydrogen) atoms. The standard InChI is InChI=1S/C16H14Cl2N2O/c17-13-7-12(8-14(19)15(13)18)16(21)20-6-5-10-3-1-2-4-11(10)9-20/h1-4,7-8H,5-6,9,19H2. The fourth-order valence-corrected chi connectivity index (χ4v) is 2.92. The zero-order valence-corrected chi connectivity index (χ0v) is 12.8. The number of carbonyl (C=O) groups is 1. The molecule has 0 unspecified atom stereocenters. The van der Waals surface area contributed by atoms with E-state index < -0.39 is 0 Å². The maximum Gasteiger partial charge on any atom is 0.254 e. The Labute approximate surface area is 133 Å². The molecule has 0 aliphatic carbocycles. The fraction of sp³-hybridized carbons (Fsp3) is 0.188. The highest BCUT2D eigenvalue weighted by Crippen LogP contribution is 2.30. The van der Waals surface area contributed by atoms with E-state index in [1.54, 1.807) is 17.0 Å². The molecular formula is C16H14Cl2N2O. The van der Waals surface area contributed by atoms with Crippen LogP contribution in [0.3, 0.4) is 0 Å². The van der Waals surface area contributed by atoms with Gasteiger partial charge in [0.05, 0.1) is 15.7 Å². The molecule has 1 heterocycles. The van der Waals surface area contributed by atoms with E-state index in [0.717, 1.165) is 6.42 Å². The minimum atomic E-state index is -0.0743. The van der Waals surface area contributed by atoms with Crippen molar-refractivity contribution in [2.75, 3.05) is 12.3 Å². The van der Waals surface area contributed by atoms with Gasteiger partial charge < -0.3 is 10.6 Å². The number of hydrogen-bond donors (Lipinski definition) is 1. The highest BCUT2D eigenvalue weighted by molar-refractivity contribution is 6.43. The van der Waals surface area contributed by atoms with Crippen LogP contribution >= 0.6 is 23.2 Å². The zero-order valence-electron chi connectivity index (χ0n) is 11.3. The van der Waals surface area contributed by atoms with Gasteiger partial charge in [-0.25, -0.2) is 0 Å². The van der Waals surface area contributed by atoms with Gasteiger partial charge in [-0.05, 0) is 29.7 Å². The van der Waals surface area contributed by atoms with Gasteiger partial charge in [0.15, 0.2) is 0 Å². The highest BCUT2D eigenvalue weighted by Gasteiger charge is 2.22. The number of rotatable bonds is 1. The van der Waals surface area contributed by atoms with E-state index in [4.69, 9.17) is 28.9 Å². The third kappa shape index (κ3) is 2.71. The van der Waals surface area contributed by atoms with E-state index in [1.807, 2.05) is 12.1 Å². The molecule has 1 aliphatic heterocycles. The molecule has 0 atom stereocenters. The van der Waals surface area contributed by atoms with E-state index in [-0.39, 0.29) is 10.9 Å². The third-order valence-corrected chi connectivity index (χ3v) is 4.54. The summed E-state index contributed by atoms with van der Waals surface area (Å²) in [6, 6.07) is 11.3. The smallest absolute Gasteiger partial charge is 0.254 e. The van der Waals surface area contributed by atoms with Crippen molar-refractivity contribution in [1.82, 2.24) is 4.90 Å². The van der Waals surface area contributed by atoms with Crippen LogP contribution in [0.4, 0.5) is 5.69 Å². The average Bonchev–Trinajstić information content (AvgIpc) is 2.51. The average molecular weight is 321 g/mol. The number of anilines is 1. The van der Waals surface area contributed by atoms with Crippen molar-refractivity contribution in [3.8, 4) is 0 Å². The van der Waals surface area contributed by atoms with Crippen LogP contribution in [0.2, 0.25) is 10.0 Å². The van der Waals surface area contributed by atoms with Gasteiger partial charge in [-0.1, -0.05) is 47.5 Å². The molecule has 1 aliphatic rings. The molecule has 2 N–H and O–H groups in total. The van der Waals surface area contributed by atoms with Crippen LogP contribution < -0.4 is 5.73 Å². The maximum absolute atomic E-state index is 12.6. The quantitative estimate of drug-likeness (QED) is 0.813. The molecule has 0 fully saturated rings. The molecule has 1 amide bonds. The number of carbonyl (C=O) groups excluding carboxylic acids is 1. The molecule has 0 bridgehead atoms. The topological polar surface area (TPSA) is 46.3 Å². The Hall–Kier alpha value is -1.71. The summed E-state index contributed by atoms with van der Waals surface area (Å²) in [5.74, 6) is -0.0743. The Morgan fingerprint density at radius 3 is 2.57 bits per heavy atom. The van der Waals surface area contributed by atoms with E-state index in [0.29, 0.717) is 29.4 Å². The van der Waals surface area contributed by atoms with Crippen molar-refractivity contribution in [2.45, 2.75) is 13.0 Å². The number of halogens is 2. The summed E-state index contributed by atoms with van der Waals surface area (Å²) in [5, 5.41) is 0.592. The van der Waals surface area contributed by atoms with Crippen LogP contribution in [-0.2, 0) is 13.0 Å². The largest absolute Gasteiger partial charge is 0.397 e. The summed E-state index contributed by atoms with van der Waals surface area (Å²) in [6.07, 6.45) is 0.860. The molecule has 5 heteroatoms. The number of benzene rings is 2. The van der Waals surface area contributed by atoms with Crippen LogP contribution in [0.5, 0.6) is 0 Å². The van der Waals surface area contributed by atoms with Crippen molar-refractivity contribution >= 4 is 34.8 Å². The molecule has 0 saturated heterocycles. The predicted molar refractivity (Wildman–Crippen MR) is 85.8 cm³/mol. The molecule has 2 aromatic carbocycles. The normalized spacial score (nSPS) is 13.9. The zero-order chi connectivity index (χ0) is 15.0. The van der Waals surface area contributed by atoms with Crippen LogP contribution in [-0.4, -0.2) is 17.4 Å². The predicted octanol–water partition coefficient (Wildman–Crippen LogP) is 3.77. The van der Waals surface area contributed by atoms with E-state index in [2.05, 4.69) is 12.1 Å². The number of amides is 1. The minimum absolute atomic E-state index is 0.0743. The summed E-state index contributed by atoms with van der Waals surface area (Å²) >= 11 is 11.9. The lowest BCUT2D eigenvalue weighted by Crippen LogP contribution is -2.35. The maximum atomic E-state index is 12.6. The SMILES string of the molecule is Nc1cc(C(=O)N2CCc3ccccc3C2)cc(Cl)c1Cl. The van der Waals surface area contributed by atoms with Crippen molar-refractivity contribution in [3.63, 3.8) is 0 Å². The summed E-state index contributed by atoms with van der Waals surface area (Å²) < 4.78 is 0. The molecule has 0 aromatic heterocycles. The first-order valence-electron chi connectivity index (χ1n) is 6.67. The number of hydrogen-bond acceptors (Lipinski definition) is 2. The molecule has 2 aromatic rings. The molecule has 108 valence electrons. The van der Waals surface area contributed by atoms with Gasteiger partial charge in [0, 0.05) is 18.7 Å². The van der Waals surface area contributed by atoms with Crippen molar-refractivity contribution in [2.24, 2.45) is 0 Å². The first-order valence-corrected chi connectivity index (χ1v) is 7.42. The van der Waals surface area contributed by atoms with Crippen LogP contribution in [0.25, 0.3) is 0 Å². The monoisotopic (exact) mass is 320 g/mol. The highest BCUT2D eigenvalue weighted by atomic mass is 35.5. The molecule has 0 saturated carbocycles. The van der Waals surface area contributed by atoms with Gasteiger partial charge in [-0.15, -0.1) is 0 Å². The van der Waals surface area contributed by atoms with Gasteiger partial charge in [0.2, 0.25) is 0 Å². The summed E-state index contributed by atoms with van der Waals surface area (Å²) in [6.45, 7) is 1.30. The van der Waals surface area contributed by atoms with Crippen molar-refractivity contribution < 1.29 is 4.79 Å². The molecule has 0 radical (unpaired) electrons. The molecular weight excluding hydrogens is 307 g/mol. The lowest BCUT2D eigenvalue weighted by Gasteiger charge is -2.29. The van der Waals surface area contributed by atoms with Gasteiger partial charge in [0.25, 0.3) is 5.91 Å². The molecule has 3 nitrogen and oxygen atoms in total. The van der Waals surface area contributed by atoms with Gasteiger partial charge >= 0.3 is 0 Å².